The third kappa shape index (κ3) is 10.7. The van der Waals surface area contributed by atoms with E-state index in [1.165, 1.54) is 4.90 Å². The van der Waals surface area contributed by atoms with Crippen LogP contribution < -0.4 is 10.6 Å². The molecule has 1 aromatic carbocycles. The fraction of sp³-hybridized carbons (Fsp3) is 0.655. The van der Waals surface area contributed by atoms with Crippen LogP contribution in [0.4, 0.5) is 4.79 Å². The van der Waals surface area contributed by atoms with E-state index in [2.05, 4.69) is 10.6 Å². The first-order valence-electron chi connectivity index (χ1n) is 13.4. The summed E-state index contributed by atoms with van der Waals surface area (Å²) in [6.45, 7) is 18.7. The van der Waals surface area contributed by atoms with Crippen molar-refractivity contribution in [2.45, 2.75) is 106 Å². The predicted octanol–water partition coefficient (Wildman–Crippen LogP) is 4.59. The van der Waals surface area contributed by atoms with E-state index in [0.29, 0.717) is 12.0 Å². The van der Waals surface area contributed by atoms with Crippen LogP contribution in [-0.2, 0) is 23.9 Å². The zero-order valence-electron chi connectivity index (χ0n) is 24.8. The van der Waals surface area contributed by atoms with Gasteiger partial charge in [0.05, 0.1) is 13.0 Å². The second-order valence-electron chi connectivity index (χ2n) is 11.3. The second kappa shape index (κ2) is 14.7. The lowest BCUT2D eigenvalue weighted by Crippen LogP contribution is -2.55. The molecule has 2 unspecified atom stereocenters. The van der Waals surface area contributed by atoms with Gasteiger partial charge in [0.25, 0.3) is 0 Å². The number of hydrogen-bond acceptors (Lipinski definition) is 6. The molecule has 0 saturated heterocycles. The van der Waals surface area contributed by atoms with E-state index in [0.717, 1.165) is 11.1 Å². The van der Waals surface area contributed by atoms with Crippen molar-refractivity contribution in [1.29, 1.82) is 0 Å². The summed E-state index contributed by atoms with van der Waals surface area (Å²) in [7, 11) is 0. The lowest BCUT2D eigenvalue weighted by atomic mass is 9.94. The molecule has 0 aliphatic heterocycles. The normalized spacial score (nSPS) is 13.1. The number of benzene rings is 1. The topological polar surface area (TPSA) is 114 Å². The number of alkyl carbamates (subject to hydrolysis) is 1. The Morgan fingerprint density at radius 3 is 2.18 bits per heavy atom. The lowest BCUT2D eigenvalue weighted by molar-refractivity contribution is -0.146. The van der Waals surface area contributed by atoms with E-state index in [1.807, 2.05) is 59.7 Å². The SMILES string of the molecule is CCOC(=O)CCNC(=O)C(c1cc(C)ccc1C)N(C(=O)C(CC(C)C)NC(=O)OC(C)(C)C)C(C)C. The molecule has 0 aliphatic carbocycles. The van der Waals surface area contributed by atoms with Crippen molar-refractivity contribution < 1.29 is 28.7 Å². The largest absolute Gasteiger partial charge is 0.466 e. The molecule has 2 N–H and O–H groups in total. The number of nitrogens with zero attached hydrogens (tertiary/aromatic N) is 1. The van der Waals surface area contributed by atoms with Gasteiger partial charge in [-0.25, -0.2) is 4.79 Å². The molecule has 0 fully saturated rings. The number of aryl methyl sites for hydroxylation is 2. The summed E-state index contributed by atoms with van der Waals surface area (Å²) in [6.07, 6.45) is -0.307. The summed E-state index contributed by atoms with van der Waals surface area (Å²) in [5, 5.41) is 5.55. The molecule has 1 aromatic rings. The highest BCUT2D eigenvalue weighted by Gasteiger charge is 2.38. The van der Waals surface area contributed by atoms with Crippen molar-refractivity contribution in [3.63, 3.8) is 0 Å². The van der Waals surface area contributed by atoms with Crippen molar-refractivity contribution in [1.82, 2.24) is 15.5 Å². The molecule has 0 aliphatic rings. The van der Waals surface area contributed by atoms with Crippen molar-refractivity contribution >= 4 is 23.9 Å². The van der Waals surface area contributed by atoms with Gasteiger partial charge in [-0.2, -0.15) is 0 Å². The summed E-state index contributed by atoms with van der Waals surface area (Å²) in [4.78, 5) is 53.8. The van der Waals surface area contributed by atoms with Crippen LogP contribution in [-0.4, -0.2) is 59.6 Å². The minimum atomic E-state index is -0.973. The van der Waals surface area contributed by atoms with E-state index < -0.39 is 35.7 Å². The van der Waals surface area contributed by atoms with Gasteiger partial charge in [0, 0.05) is 12.6 Å². The highest BCUT2D eigenvalue weighted by Crippen LogP contribution is 2.29. The maximum Gasteiger partial charge on any atom is 0.408 e. The van der Waals surface area contributed by atoms with E-state index in [9.17, 15) is 19.2 Å². The highest BCUT2D eigenvalue weighted by molar-refractivity contribution is 5.92. The van der Waals surface area contributed by atoms with E-state index in [-0.39, 0.29) is 37.4 Å². The molecule has 214 valence electrons. The predicted molar refractivity (Wildman–Crippen MR) is 148 cm³/mol. The van der Waals surface area contributed by atoms with Crippen molar-refractivity contribution in [2.24, 2.45) is 5.92 Å². The van der Waals surface area contributed by atoms with Gasteiger partial charge in [-0.1, -0.05) is 37.6 Å². The van der Waals surface area contributed by atoms with Crippen LogP contribution in [0, 0.1) is 19.8 Å². The molecule has 0 bridgehead atoms. The maximum absolute atomic E-state index is 14.1. The molecule has 3 amide bonds. The Morgan fingerprint density at radius 1 is 1.03 bits per heavy atom. The number of esters is 1. The third-order valence-corrected chi connectivity index (χ3v) is 5.70. The number of nitrogens with one attached hydrogen (secondary N) is 2. The first-order chi connectivity index (χ1) is 17.6. The van der Waals surface area contributed by atoms with Crippen LogP contribution >= 0.6 is 0 Å². The summed E-state index contributed by atoms with van der Waals surface area (Å²) in [5.74, 6) is -1.12. The lowest BCUT2D eigenvalue weighted by Gasteiger charge is -2.38. The minimum absolute atomic E-state index is 0.0187. The average Bonchev–Trinajstić information content (AvgIpc) is 2.76. The van der Waals surface area contributed by atoms with Crippen LogP contribution in [0.1, 0.15) is 91.0 Å². The number of ether oxygens (including phenoxy) is 2. The molecule has 2 atom stereocenters. The zero-order chi connectivity index (χ0) is 29.2. The monoisotopic (exact) mass is 533 g/mol. The van der Waals surface area contributed by atoms with Gasteiger partial charge in [-0.15, -0.1) is 0 Å². The molecule has 0 saturated carbocycles. The van der Waals surface area contributed by atoms with Crippen LogP contribution in [0.25, 0.3) is 0 Å². The molecule has 0 heterocycles. The standard InChI is InChI=1S/C29H47N3O6/c1-11-37-24(33)14-15-30-26(34)25(22-17-20(6)12-13-21(22)7)32(19(4)5)27(35)23(16-18(2)3)31-28(36)38-29(8,9)10/h12-13,17-19,23,25H,11,14-16H2,1-10H3,(H,30,34)(H,31,36). The van der Waals surface area contributed by atoms with E-state index in [1.54, 1.807) is 27.7 Å². The number of carbonyl (C=O) groups is 4. The summed E-state index contributed by atoms with van der Waals surface area (Å²) in [5.41, 5.74) is 1.74. The summed E-state index contributed by atoms with van der Waals surface area (Å²) < 4.78 is 10.4. The minimum Gasteiger partial charge on any atom is -0.466 e. The molecule has 1 rings (SSSR count). The first kappa shape index (κ1) is 32.9. The van der Waals surface area contributed by atoms with Crippen LogP contribution in [0.2, 0.25) is 0 Å². The maximum atomic E-state index is 14.1. The second-order valence-corrected chi connectivity index (χ2v) is 11.3. The third-order valence-electron chi connectivity index (χ3n) is 5.70. The van der Waals surface area contributed by atoms with Gasteiger partial charge in [-0.3, -0.25) is 14.4 Å². The molecular formula is C29H47N3O6. The zero-order valence-corrected chi connectivity index (χ0v) is 24.8. The smallest absolute Gasteiger partial charge is 0.408 e. The Labute approximate surface area is 228 Å². The molecular weight excluding hydrogens is 486 g/mol. The number of hydrogen-bond donors (Lipinski definition) is 2. The number of rotatable bonds is 12. The molecule has 0 radical (unpaired) electrons. The van der Waals surface area contributed by atoms with Crippen molar-refractivity contribution in [3.8, 4) is 0 Å². The summed E-state index contributed by atoms with van der Waals surface area (Å²) >= 11 is 0. The first-order valence-corrected chi connectivity index (χ1v) is 13.4. The molecule has 9 heteroatoms. The Balaban J connectivity index is 3.46. The van der Waals surface area contributed by atoms with Crippen molar-refractivity contribution in [3.05, 3.63) is 34.9 Å². The Morgan fingerprint density at radius 2 is 1.66 bits per heavy atom. The molecule has 9 nitrogen and oxygen atoms in total. The van der Waals surface area contributed by atoms with Crippen LogP contribution in [0.5, 0.6) is 0 Å². The van der Waals surface area contributed by atoms with Gasteiger partial charge in [-0.05, 0) is 78.9 Å². The quantitative estimate of drug-likeness (QED) is 0.380. The number of amides is 3. The fourth-order valence-electron chi connectivity index (χ4n) is 4.09. The Hall–Kier alpha value is -3.10. The Kier molecular flexibility index (Phi) is 12.8. The van der Waals surface area contributed by atoms with Gasteiger partial charge in [0.2, 0.25) is 11.8 Å². The molecule has 38 heavy (non-hydrogen) atoms. The van der Waals surface area contributed by atoms with E-state index >= 15 is 0 Å². The van der Waals surface area contributed by atoms with Crippen LogP contribution in [0.3, 0.4) is 0 Å². The van der Waals surface area contributed by atoms with Gasteiger partial charge >= 0.3 is 12.1 Å². The molecule has 0 aromatic heterocycles. The molecule has 0 spiro atoms. The van der Waals surface area contributed by atoms with Gasteiger partial charge in [0.1, 0.15) is 17.7 Å². The highest BCUT2D eigenvalue weighted by atomic mass is 16.6. The average molecular weight is 534 g/mol. The van der Waals surface area contributed by atoms with Gasteiger partial charge in [0.15, 0.2) is 0 Å². The Bertz CT molecular complexity index is 968. The van der Waals surface area contributed by atoms with Crippen LogP contribution in [0.15, 0.2) is 18.2 Å². The van der Waals surface area contributed by atoms with E-state index in [4.69, 9.17) is 9.47 Å². The van der Waals surface area contributed by atoms with Crippen molar-refractivity contribution in [2.75, 3.05) is 13.2 Å². The summed E-state index contributed by atoms with van der Waals surface area (Å²) in [6, 6.07) is 3.51. The van der Waals surface area contributed by atoms with Gasteiger partial charge < -0.3 is 25.0 Å². The fourth-order valence-corrected chi connectivity index (χ4v) is 4.09. The number of carbonyl (C=O) groups excluding carboxylic acids is 4.